The normalized spacial score (nSPS) is 17.6. The van der Waals surface area contributed by atoms with Gasteiger partial charge in [0.05, 0.1) is 5.69 Å². The van der Waals surface area contributed by atoms with Gasteiger partial charge in [-0.15, -0.1) is 0 Å². The predicted molar refractivity (Wildman–Crippen MR) is 84.0 cm³/mol. The summed E-state index contributed by atoms with van der Waals surface area (Å²) in [7, 11) is 0. The van der Waals surface area contributed by atoms with E-state index in [0.717, 1.165) is 34.6 Å². The zero-order valence-corrected chi connectivity index (χ0v) is 11.7. The summed E-state index contributed by atoms with van der Waals surface area (Å²) >= 11 is 6.36. The second-order valence-electron chi connectivity index (χ2n) is 5.37. The topological polar surface area (TPSA) is 41.8 Å². The maximum atomic E-state index is 6.36. The number of H-pyrrole nitrogens is 1. The Morgan fingerprint density at radius 2 is 1.95 bits per heavy atom. The molecule has 0 bridgehead atoms. The van der Waals surface area contributed by atoms with E-state index in [2.05, 4.69) is 29.2 Å². The van der Waals surface area contributed by atoms with Gasteiger partial charge in [-0.3, -0.25) is 0 Å². The minimum absolute atomic E-state index is 0.140. The van der Waals surface area contributed by atoms with Crippen molar-refractivity contribution in [1.82, 2.24) is 4.98 Å². The Morgan fingerprint density at radius 3 is 2.80 bits per heavy atom. The van der Waals surface area contributed by atoms with Crippen molar-refractivity contribution in [2.75, 3.05) is 0 Å². The molecule has 0 aliphatic heterocycles. The number of hydrogen-bond donors (Lipinski definition) is 2. The monoisotopic (exact) mass is 282 g/mol. The average molecular weight is 283 g/mol. The van der Waals surface area contributed by atoms with E-state index in [1.54, 1.807) is 0 Å². The van der Waals surface area contributed by atoms with Gasteiger partial charge in [0.15, 0.2) is 0 Å². The quantitative estimate of drug-likeness (QED) is 0.681. The third kappa shape index (κ3) is 1.62. The van der Waals surface area contributed by atoms with Gasteiger partial charge in [-0.25, -0.2) is 0 Å². The fraction of sp³-hybridized carbons (Fsp3) is 0.176. The molecule has 0 radical (unpaired) electrons. The van der Waals surface area contributed by atoms with Crippen LogP contribution in [0.3, 0.4) is 0 Å². The van der Waals surface area contributed by atoms with E-state index in [4.69, 9.17) is 17.3 Å². The van der Waals surface area contributed by atoms with Gasteiger partial charge in [-0.2, -0.15) is 0 Å². The van der Waals surface area contributed by atoms with Crippen LogP contribution >= 0.6 is 11.6 Å². The summed E-state index contributed by atoms with van der Waals surface area (Å²) in [6.45, 7) is 0. The summed E-state index contributed by atoms with van der Waals surface area (Å²) in [5, 5.41) is 2.08. The van der Waals surface area contributed by atoms with Gasteiger partial charge in [0.2, 0.25) is 0 Å². The SMILES string of the molecule is NC1CCc2c(-c3ccccc3Cl)[nH]c3cccc1c23. The number of aryl methyl sites for hydroxylation is 1. The van der Waals surface area contributed by atoms with Crippen molar-refractivity contribution in [2.24, 2.45) is 5.73 Å². The molecular formula is C17H15ClN2. The van der Waals surface area contributed by atoms with E-state index in [-0.39, 0.29) is 6.04 Å². The van der Waals surface area contributed by atoms with E-state index in [0.29, 0.717) is 0 Å². The molecule has 0 saturated heterocycles. The van der Waals surface area contributed by atoms with Gasteiger partial charge >= 0.3 is 0 Å². The van der Waals surface area contributed by atoms with Crippen molar-refractivity contribution in [3.05, 3.63) is 58.6 Å². The molecule has 20 heavy (non-hydrogen) atoms. The number of hydrogen-bond acceptors (Lipinski definition) is 1. The van der Waals surface area contributed by atoms with Gasteiger partial charge in [0, 0.05) is 27.5 Å². The molecule has 1 atom stereocenters. The molecule has 3 heteroatoms. The Kier molecular flexibility index (Phi) is 2.62. The van der Waals surface area contributed by atoms with Crippen LogP contribution in [0.25, 0.3) is 22.2 Å². The highest BCUT2D eigenvalue weighted by atomic mass is 35.5. The molecule has 100 valence electrons. The minimum Gasteiger partial charge on any atom is -0.354 e. The molecule has 1 aliphatic rings. The number of aromatic nitrogens is 1. The number of aromatic amines is 1. The summed E-state index contributed by atoms with van der Waals surface area (Å²) in [6.07, 6.45) is 1.99. The van der Waals surface area contributed by atoms with Crippen molar-refractivity contribution < 1.29 is 0 Å². The smallest absolute Gasteiger partial charge is 0.0512 e. The summed E-state index contributed by atoms with van der Waals surface area (Å²) in [5.41, 5.74) is 12.2. The molecule has 1 aromatic heterocycles. The predicted octanol–water partition coefficient (Wildman–Crippen LogP) is 4.43. The van der Waals surface area contributed by atoms with Crippen LogP contribution in [0.15, 0.2) is 42.5 Å². The van der Waals surface area contributed by atoms with Crippen LogP contribution in [0.4, 0.5) is 0 Å². The van der Waals surface area contributed by atoms with Crippen LogP contribution < -0.4 is 5.73 Å². The summed E-state index contributed by atoms with van der Waals surface area (Å²) in [6, 6.07) is 14.4. The Hall–Kier alpha value is -1.77. The molecule has 2 aromatic carbocycles. The Morgan fingerprint density at radius 1 is 1.10 bits per heavy atom. The molecule has 4 rings (SSSR count). The summed E-state index contributed by atoms with van der Waals surface area (Å²) in [5.74, 6) is 0. The third-order valence-corrected chi connectivity index (χ3v) is 4.54. The Bertz CT molecular complexity index is 804. The second kappa shape index (κ2) is 4.37. The first-order valence-electron chi connectivity index (χ1n) is 6.89. The summed E-state index contributed by atoms with van der Waals surface area (Å²) < 4.78 is 0. The third-order valence-electron chi connectivity index (χ3n) is 4.21. The van der Waals surface area contributed by atoms with Gasteiger partial charge < -0.3 is 10.7 Å². The highest BCUT2D eigenvalue weighted by Crippen LogP contribution is 2.41. The minimum atomic E-state index is 0.140. The maximum Gasteiger partial charge on any atom is 0.0512 e. The largest absolute Gasteiger partial charge is 0.354 e. The van der Waals surface area contributed by atoms with E-state index in [1.807, 2.05) is 18.2 Å². The van der Waals surface area contributed by atoms with E-state index in [1.165, 1.54) is 16.5 Å². The molecule has 0 amide bonds. The van der Waals surface area contributed by atoms with Crippen LogP contribution in [0.1, 0.15) is 23.6 Å². The molecular weight excluding hydrogens is 268 g/mol. The average Bonchev–Trinajstić information content (AvgIpc) is 2.83. The number of nitrogens with two attached hydrogens (primary N) is 1. The molecule has 3 N–H and O–H groups in total. The lowest BCUT2D eigenvalue weighted by Crippen LogP contribution is -2.15. The zero-order valence-electron chi connectivity index (χ0n) is 11.0. The Labute approximate surface area is 122 Å². The van der Waals surface area contributed by atoms with Gasteiger partial charge in [-0.1, -0.05) is 41.9 Å². The summed E-state index contributed by atoms with van der Waals surface area (Å²) in [4.78, 5) is 3.53. The van der Waals surface area contributed by atoms with Crippen molar-refractivity contribution >= 4 is 22.5 Å². The van der Waals surface area contributed by atoms with E-state index in [9.17, 15) is 0 Å². The van der Waals surface area contributed by atoms with Gasteiger partial charge in [0.25, 0.3) is 0 Å². The highest BCUT2D eigenvalue weighted by molar-refractivity contribution is 6.33. The van der Waals surface area contributed by atoms with E-state index >= 15 is 0 Å². The van der Waals surface area contributed by atoms with Gasteiger partial charge in [0.1, 0.15) is 0 Å². The molecule has 0 fully saturated rings. The van der Waals surface area contributed by atoms with Crippen molar-refractivity contribution in [3.63, 3.8) is 0 Å². The lowest BCUT2D eigenvalue weighted by atomic mass is 9.87. The van der Waals surface area contributed by atoms with Gasteiger partial charge in [-0.05, 0) is 36.1 Å². The fourth-order valence-corrected chi connectivity index (χ4v) is 3.48. The fourth-order valence-electron chi connectivity index (χ4n) is 3.25. The van der Waals surface area contributed by atoms with Crippen LogP contribution in [0.2, 0.25) is 5.02 Å². The van der Waals surface area contributed by atoms with Crippen LogP contribution in [0, 0.1) is 0 Å². The standard InChI is InChI=1S/C17H15ClN2/c18-13-6-2-1-4-10(13)17-12-8-9-14(19)11-5-3-7-15(20-17)16(11)12/h1-7,14,20H,8-9,19H2. The molecule has 0 saturated carbocycles. The first kappa shape index (κ1) is 12.0. The number of nitrogens with one attached hydrogen (secondary N) is 1. The van der Waals surface area contributed by atoms with Crippen molar-refractivity contribution in [3.8, 4) is 11.3 Å². The molecule has 1 unspecified atom stereocenters. The number of benzene rings is 2. The second-order valence-corrected chi connectivity index (χ2v) is 5.78. The van der Waals surface area contributed by atoms with Crippen LogP contribution in [-0.2, 0) is 6.42 Å². The first-order valence-corrected chi connectivity index (χ1v) is 7.27. The molecule has 1 heterocycles. The molecule has 3 aromatic rings. The Balaban J connectivity index is 2.06. The zero-order chi connectivity index (χ0) is 13.7. The van der Waals surface area contributed by atoms with Crippen LogP contribution in [0.5, 0.6) is 0 Å². The van der Waals surface area contributed by atoms with E-state index < -0.39 is 0 Å². The molecule has 0 spiro atoms. The lowest BCUT2D eigenvalue weighted by Gasteiger charge is -2.20. The number of rotatable bonds is 1. The first-order chi connectivity index (χ1) is 9.75. The van der Waals surface area contributed by atoms with Crippen molar-refractivity contribution in [2.45, 2.75) is 18.9 Å². The lowest BCUT2D eigenvalue weighted by molar-refractivity contribution is 0.644. The highest BCUT2D eigenvalue weighted by Gasteiger charge is 2.24. The van der Waals surface area contributed by atoms with Crippen molar-refractivity contribution in [1.29, 1.82) is 0 Å². The molecule has 1 aliphatic carbocycles. The number of halogens is 1. The van der Waals surface area contributed by atoms with Crippen LogP contribution in [-0.4, -0.2) is 4.98 Å². The maximum absolute atomic E-state index is 6.36. The molecule has 2 nitrogen and oxygen atoms in total.